The summed E-state index contributed by atoms with van der Waals surface area (Å²) in [6.07, 6.45) is 1.72. The highest BCUT2D eigenvalue weighted by molar-refractivity contribution is 8.18. The van der Waals surface area contributed by atoms with Crippen LogP contribution in [0.15, 0.2) is 65.6 Å². The van der Waals surface area contributed by atoms with Crippen molar-refractivity contribution in [3.8, 4) is 5.69 Å². The Morgan fingerprint density at radius 2 is 1.69 bits per heavy atom. The van der Waals surface area contributed by atoms with Crippen LogP contribution in [0, 0.1) is 19.7 Å². The molecule has 1 saturated heterocycles. The summed E-state index contributed by atoms with van der Waals surface area (Å²) < 4.78 is 16.1. The summed E-state index contributed by atoms with van der Waals surface area (Å²) in [5.74, 6) is -0.622. The van der Waals surface area contributed by atoms with Gasteiger partial charge in [0.1, 0.15) is 5.82 Å². The number of imide groups is 1. The van der Waals surface area contributed by atoms with E-state index in [1.807, 2.05) is 54.8 Å². The number of nitrogens with zero attached hydrogens (tertiary/aromatic N) is 2. The van der Waals surface area contributed by atoms with Gasteiger partial charge in [0.05, 0.1) is 17.1 Å². The van der Waals surface area contributed by atoms with E-state index < -0.39 is 0 Å². The van der Waals surface area contributed by atoms with E-state index in [1.54, 1.807) is 24.3 Å². The smallest absolute Gasteiger partial charge is 0.293 e. The molecule has 2 heterocycles. The fraction of sp³-hybridized carbons (Fsp3) is 0.130. The molecule has 4 nitrogen and oxygen atoms in total. The third kappa shape index (κ3) is 3.63. The highest BCUT2D eigenvalue weighted by Gasteiger charge is 2.35. The maximum absolute atomic E-state index is 14.3. The van der Waals surface area contributed by atoms with Gasteiger partial charge < -0.3 is 4.57 Å². The second-order valence-corrected chi connectivity index (χ2v) is 7.86. The molecule has 0 spiro atoms. The number of halogens is 1. The van der Waals surface area contributed by atoms with E-state index in [-0.39, 0.29) is 23.5 Å². The predicted molar refractivity (Wildman–Crippen MR) is 113 cm³/mol. The molecule has 2 amide bonds. The van der Waals surface area contributed by atoms with Crippen molar-refractivity contribution < 1.29 is 14.0 Å². The van der Waals surface area contributed by atoms with Gasteiger partial charge in [0.2, 0.25) is 0 Å². The lowest BCUT2D eigenvalue weighted by atomic mass is 10.2. The number of aryl methyl sites for hydroxylation is 1. The Hall–Kier alpha value is -3.12. The van der Waals surface area contributed by atoms with Crippen molar-refractivity contribution in [2.45, 2.75) is 20.4 Å². The standard InChI is InChI=1S/C23H19FN2O2S/c1-15-12-18(16(2)26(15)20-11-7-6-10-19(20)24)13-21-22(27)25(23(28)29-21)14-17-8-4-3-5-9-17/h3-13H,14H2,1-2H3/b21-13-. The average Bonchev–Trinajstić information content (AvgIpc) is 3.13. The van der Waals surface area contributed by atoms with E-state index in [4.69, 9.17) is 0 Å². The summed E-state index contributed by atoms with van der Waals surface area (Å²) in [5, 5.41) is -0.284. The van der Waals surface area contributed by atoms with E-state index >= 15 is 0 Å². The maximum Gasteiger partial charge on any atom is 0.293 e. The number of carbonyl (C=O) groups is 2. The van der Waals surface area contributed by atoms with Gasteiger partial charge in [-0.15, -0.1) is 0 Å². The second kappa shape index (κ2) is 7.72. The molecule has 2 aromatic carbocycles. The Morgan fingerprint density at radius 1 is 1.00 bits per heavy atom. The van der Waals surface area contributed by atoms with E-state index in [2.05, 4.69) is 0 Å². The van der Waals surface area contributed by atoms with Gasteiger partial charge in [-0.3, -0.25) is 14.5 Å². The molecule has 0 bridgehead atoms. The van der Waals surface area contributed by atoms with Crippen LogP contribution in [0.1, 0.15) is 22.5 Å². The molecule has 3 aromatic rings. The van der Waals surface area contributed by atoms with Crippen LogP contribution in [-0.4, -0.2) is 20.6 Å². The minimum absolute atomic E-state index is 0.247. The van der Waals surface area contributed by atoms with Crippen LogP contribution in [0.25, 0.3) is 11.8 Å². The number of carbonyl (C=O) groups excluding carboxylic acids is 2. The zero-order chi connectivity index (χ0) is 20.5. The molecule has 1 fully saturated rings. The molecule has 0 saturated carbocycles. The van der Waals surface area contributed by atoms with Crippen LogP contribution in [-0.2, 0) is 11.3 Å². The van der Waals surface area contributed by atoms with E-state index in [0.29, 0.717) is 10.6 Å². The molecule has 6 heteroatoms. The molecule has 1 aliphatic rings. The first kappa shape index (κ1) is 19.2. The molecular formula is C23H19FN2O2S. The minimum Gasteiger partial charge on any atom is -0.315 e. The topological polar surface area (TPSA) is 42.3 Å². The Kier molecular flexibility index (Phi) is 5.11. The molecule has 0 N–H and O–H groups in total. The Labute approximate surface area is 172 Å². The molecule has 0 atom stereocenters. The lowest BCUT2D eigenvalue weighted by Crippen LogP contribution is -2.27. The quantitative estimate of drug-likeness (QED) is 0.540. The number of hydrogen-bond acceptors (Lipinski definition) is 3. The zero-order valence-electron chi connectivity index (χ0n) is 16.1. The molecule has 1 aliphatic heterocycles. The van der Waals surface area contributed by atoms with Gasteiger partial charge in [-0.1, -0.05) is 42.5 Å². The van der Waals surface area contributed by atoms with Gasteiger partial charge in [-0.05, 0) is 61.0 Å². The Balaban J connectivity index is 1.65. The van der Waals surface area contributed by atoms with Crippen molar-refractivity contribution in [1.29, 1.82) is 0 Å². The Bertz CT molecular complexity index is 1140. The van der Waals surface area contributed by atoms with E-state index in [1.165, 1.54) is 11.0 Å². The SMILES string of the molecule is Cc1cc(/C=C2\SC(=O)N(Cc3ccccc3)C2=O)c(C)n1-c1ccccc1F. The molecule has 29 heavy (non-hydrogen) atoms. The van der Waals surface area contributed by atoms with Gasteiger partial charge >= 0.3 is 0 Å². The highest BCUT2D eigenvalue weighted by atomic mass is 32.2. The lowest BCUT2D eigenvalue weighted by molar-refractivity contribution is -0.123. The summed E-state index contributed by atoms with van der Waals surface area (Å²) in [5.41, 5.74) is 3.80. The number of thioether (sulfide) groups is 1. The molecule has 0 radical (unpaired) electrons. The minimum atomic E-state index is -0.316. The van der Waals surface area contributed by atoms with Crippen molar-refractivity contribution in [3.63, 3.8) is 0 Å². The summed E-state index contributed by atoms with van der Waals surface area (Å²) in [6.45, 7) is 4.01. The summed E-state index contributed by atoms with van der Waals surface area (Å²) in [7, 11) is 0. The summed E-state index contributed by atoms with van der Waals surface area (Å²) >= 11 is 0.934. The van der Waals surface area contributed by atoms with Gasteiger partial charge in [0, 0.05) is 11.4 Å². The molecule has 4 rings (SSSR count). The van der Waals surface area contributed by atoms with Crippen LogP contribution in [0.3, 0.4) is 0 Å². The maximum atomic E-state index is 14.3. The average molecular weight is 406 g/mol. The number of hydrogen-bond donors (Lipinski definition) is 0. The van der Waals surface area contributed by atoms with Crippen molar-refractivity contribution >= 4 is 29.0 Å². The van der Waals surface area contributed by atoms with Crippen LogP contribution in [0.4, 0.5) is 9.18 Å². The van der Waals surface area contributed by atoms with Gasteiger partial charge in [0.15, 0.2) is 0 Å². The number of rotatable bonds is 4. The monoisotopic (exact) mass is 406 g/mol. The van der Waals surface area contributed by atoms with Crippen molar-refractivity contribution in [3.05, 3.63) is 93.9 Å². The number of amides is 2. The first-order valence-corrected chi connectivity index (χ1v) is 10.0. The van der Waals surface area contributed by atoms with Crippen molar-refractivity contribution in [2.24, 2.45) is 0 Å². The second-order valence-electron chi connectivity index (χ2n) is 6.87. The van der Waals surface area contributed by atoms with Gasteiger partial charge in [-0.25, -0.2) is 4.39 Å². The number of para-hydroxylation sites is 1. The zero-order valence-corrected chi connectivity index (χ0v) is 16.9. The normalized spacial score (nSPS) is 15.6. The highest BCUT2D eigenvalue weighted by Crippen LogP contribution is 2.34. The first-order chi connectivity index (χ1) is 14.0. The van der Waals surface area contributed by atoms with Gasteiger partial charge in [0.25, 0.3) is 11.1 Å². The van der Waals surface area contributed by atoms with Crippen molar-refractivity contribution in [1.82, 2.24) is 9.47 Å². The van der Waals surface area contributed by atoms with Crippen LogP contribution in [0.5, 0.6) is 0 Å². The van der Waals surface area contributed by atoms with Crippen LogP contribution >= 0.6 is 11.8 Å². The third-order valence-electron chi connectivity index (χ3n) is 4.91. The number of benzene rings is 2. The van der Waals surface area contributed by atoms with Crippen LogP contribution < -0.4 is 0 Å². The van der Waals surface area contributed by atoms with Crippen LogP contribution in [0.2, 0.25) is 0 Å². The fourth-order valence-corrected chi connectivity index (χ4v) is 4.31. The van der Waals surface area contributed by atoms with Gasteiger partial charge in [-0.2, -0.15) is 0 Å². The van der Waals surface area contributed by atoms with E-state index in [9.17, 15) is 14.0 Å². The Morgan fingerprint density at radius 3 is 2.41 bits per heavy atom. The lowest BCUT2D eigenvalue weighted by Gasteiger charge is -2.12. The fourth-order valence-electron chi connectivity index (χ4n) is 3.48. The summed E-state index contributed by atoms with van der Waals surface area (Å²) in [6, 6.07) is 17.9. The molecule has 0 aliphatic carbocycles. The molecular weight excluding hydrogens is 387 g/mol. The van der Waals surface area contributed by atoms with E-state index in [0.717, 1.165) is 34.3 Å². The third-order valence-corrected chi connectivity index (χ3v) is 5.81. The first-order valence-electron chi connectivity index (χ1n) is 9.19. The summed E-state index contributed by atoms with van der Waals surface area (Å²) in [4.78, 5) is 26.8. The van der Waals surface area contributed by atoms with Crippen molar-refractivity contribution in [2.75, 3.05) is 0 Å². The molecule has 1 aromatic heterocycles. The number of aromatic nitrogens is 1. The molecule has 0 unspecified atom stereocenters. The predicted octanol–water partition coefficient (Wildman–Crippen LogP) is 5.47. The molecule has 146 valence electrons. The largest absolute Gasteiger partial charge is 0.315 e.